The maximum absolute atomic E-state index is 12.6. The molecule has 2 rings (SSSR count). The predicted octanol–water partition coefficient (Wildman–Crippen LogP) is 2.60. The Morgan fingerprint density at radius 3 is 2.65 bits per heavy atom. The monoisotopic (exact) mass is 461 g/mol. The van der Waals surface area contributed by atoms with E-state index in [-0.39, 0.29) is 11.5 Å². The van der Waals surface area contributed by atoms with Crippen molar-refractivity contribution in [1.29, 1.82) is 0 Å². The molecule has 0 bridgehead atoms. The number of carbonyl (C=O) groups excluding carboxylic acids is 2. The Morgan fingerprint density at radius 1 is 1.29 bits per heavy atom. The maximum Gasteiger partial charge on any atom is 0.323 e. The molecule has 1 saturated carbocycles. The SMILES string of the molecule is CCN(CCCCCS(=O)(=O)NC1(c2cccc(OCC(F)F)c2)CC1)C(=O)NC=O. The van der Waals surface area contributed by atoms with E-state index in [1.54, 1.807) is 31.2 Å². The van der Waals surface area contributed by atoms with Crippen molar-refractivity contribution in [3.8, 4) is 5.75 Å². The van der Waals surface area contributed by atoms with Gasteiger partial charge in [0.05, 0.1) is 11.3 Å². The molecule has 0 saturated heterocycles. The second kappa shape index (κ2) is 11.4. The number of rotatable bonds is 14. The topological polar surface area (TPSA) is 105 Å². The third-order valence-electron chi connectivity index (χ3n) is 5.06. The highest BCUT2D eigenvalue weighted by molar-refractivity contribution is 7.89. The van der Waals surface area contributed by atoms with E-state index >= 15 is 0 Å². The van der Waals surface area contributed by atoms with Gasteiger partial charge in [-0.2, -0.15) is 0 Å². The minimum Gasteiger partial charge on any atom is -0.488 e. The summed E-state index contributed by atoms with van der Waals surface area (Å²) in [6.45, 7) is 1.96. The minimum absolute atomic E-state index is 0.0526. The van der Waals surface area contributed by atoms with Gasteiger partial charge in [-0.05, 0) is 50.3 Å². The number of nitrogens with one attached hydrogen (secondary N) is 2. The fraction of sp³-hybridized carbons (Fsp3) is 0.600. The smallest absolute Gasteiger partial charge is 0.323 e. The van der Waals surface area contributed by atoms with Crippen molar-refractivity contribution in [2.24, 2.45) is 0 Å². The Kier molecular flexibility index (Phi) is 9.17. The highest BCUT2D eigenvalue weighted by Gasteiger charge is 2.47. The van der Waals surface area contributed by atoms with Crippen molar-refractivity contribution in [2.75, 3.05) is 25.4 Å². The average Bonchev–Trinajstić information content (AvgIpc) is 3.49. The van der Waals surface area contributed by atoms with Crippen molar-refractivity contribution in [3.63, 3.8) is 0 Å². The summed E-state index contributed by atoms with van der Waals surface area (Å²) in [6.07, 6.45) is 0.651. The Bertz CT molecular complexity index is 847. The summed E-state index contributed by atoms with van der Waals surface area (Å²) >= 11 is 0. The van der Waals surface area contributed by atoms with Crippen molar-refractivity contribution < 1.29 is 31.5 Å². The summed E-state index contributed by atoms with van der Waals surface area (Å²) in [4.78, 5) is 23.5. The molecular weight excluding hydrogens is 432 g/mol. The van der Waals surface area contributed by atoms with Gasteiger partial charge in [-0.25, -0.2) is 26.7 Å². The zero-order valence-electron chi connectivity index (χ0n) is 17.5. The number of halogens is 2. The van der Waals surface area contributed by atoms with E-state index < -0.39 is 34.6 Å². The van der Waals surface area contributed by atoms with Crippen LogP contribution in [0.25, 0.3) is 0 Å². The van der Waals surface area contributed by atoms with Gasteiger partial charge in [0.2, 0.25) is 16.4 Å². The van der Waals surface area contributed by atoms with E-state index in [4.69, 9.17) is 4.74 Å². The van der Waals surface area contributed by atoms with Crippen molar-refractivity contribution in [3.05, 3.63) is 29.8 Å². The van der Waals surface area contributed by atoms with Crippen LogP contribution in [0.4, 0.5) is 13.6 Å². The highest BCUT2D eigenvalue weighted by Crippen LogP contribution is 2.46. The third-order valence-corrected chi connectivity index (χ3v) is 6.58. The molecule has 0 atom stereocenters. The lowest BCUT2D eigenvalue weighted by Gasteiger charge is -2.20. The summed E-state index contributed by atoms with van der Waals surface area (Å²) in [6, 6.07) is 6.11. The Balaban J connectivity index is 1.82. The summed E-state index contributed by atoms with van der Waals surface area (Å²) in [7, 11) is -3.54. The quantitative estimate of drug-likeness (QED) is 0.327. The molecule has 1 aromatic rings. The van der Waals surface area contributed by atoms with E-state index in [9.17, 15) is 26.8 Å². The van der Waals surface area contributed by atoms with Gasteiger partial charge in [-0.1, -0.05) is 18.6 Å². The summed E-state index contributed by atoms with van der Waals surface area (Å²) in [5.41, 5.74) is -0.0165. The molecule has 31 heavy (non-hydrogen) atoms. The number of unbranched alkanes of at least 4 members (excludes halogenated alkanes) is 2. The van der Waals surface area contributed by atoms with Crippen LogP contribution >= 0.6 is 0 Å². The van der Waals surface area contributed by atoms with Crippen LogP contribution in [0, 0.1) is 0 Å². The Labute approximate surface area is 181 Å². The molecule has 0 aliphatic heterocycles. The van der Waals surface area contributed by atoms with Crippen LogP contribution in [0.3, 0.4) is 0 Å². The Morgan fingerprint density at radius 2 is 2.03 bits per heavy atom. The molecule has 0 heterocycles. The molecule has 174 valence electrons. The number of alkyl halides is 2. The van der Waals surface area contributed by atoms with Gasteiger partial charge in [0, 0.05) is 13.1 Å². The van der Waals surface area contributed by atoms with Crippen molar-refractivity contribution in [2.45, 2.75) is 51.0 Å². The molecule has 1 fully saturated rings. The van der Waals surface area contributed by atoms with Gasteiger partial charge in [-0.3, -0.25) is 10.1 Å². The normalized spacial score (nSPS) is 14.8. The van der Waals surface area contributed by atoms with Crippen LogP contribution in [0.15, 0.2) is 24.3 Å². The van der Waals surface area contributed by atoms with E-state index in [1.165, 1.54) is 4.90 Å². The van der Waals surface area contributed by atoms with E-state index in [0.29, 0.717) is 57.2 Å². The Hall–Kier alpha value is -2.27. The lowest BCUT2D eigenvalue weighted by Crippen LogP contribution is -2.39. The van der Waals surface area contributed by atoms with E-state index in [1.807, 2.05) is 0 Å². The van der Waals surface area contributed by atoms with Gasteiger partial charge in [0.15, 0.2) is 0 Å². The van der Waals surface area contributed by atoms with Crippen LogP contribution in [0.5, 0.6) is 5.75 Å². The number of carbonyl (C=O) groups is 2. The first-order valence-corrected chi connectivity index (χ1v) is 11.9. The van der Waals surface area contributed by atoms with Crippen LogP contribution in [0.1, 0.15) is 44.6 Å². The first-order chi connectivity index (χ1) is 14.7. The van der Waals surface area contributed by atoms with E-state index in [0.717, 1.165) is 0 Å². The number of nitrogens with zero attached hydrogens (tertiary/aromatic N) is 1. The van der Waals surface area contributed by atoms with Crippen LogP contribution in [0.2, 0.25) is 0 Å². The molecule has 0 unspecified atom stereocenters. The number of hydrogen-bond acceptors (Lipinski definition) is 5. The molecule has 0 radical (unpaired) electrons. The van der Waals surface area contributed by atoms with Gasteiger partial charge in [-0.15, -0.1) is 0 Å². The van der Waals surface area contributed by atoms with Crippen molar-refractivity contribution in [1.82, 2.24) is 14.9 Å². The third kappa shape index (κ3) is 8.06. The number of urea groups is 1. The highest BCUT2D eigenvalue weighted by atomic mass is 32.2. The first kappa shape index (κ1) is 25.0. The maximum atomic E-state index is 12.6. The zero-order chi connectivity index (χ0) is 22.9. The zero-order valence-corrected chi connectivity index (χ0v) is 18.3. The number of sulfonamides is 1. The largest absolute Gasteiger partial charge is 0.488 e. The molecule has 3 amide bonds. The van der Waals surface area contributed by atoms with Crippen molar-refractivity contribution >= 4 is 22.5 Å². The van der Waals surface area contributed by atoms with E-state index in [2.05, 4.69) is 10.0 Å². The summed E-state index contributed by atoms with van der Waals surface area (Å²) in [5, 5.41) is 2.08. The van der Waals surface area contributed by atoms with Gasteiger partial charge in [0.25, 0.3) is 6.43 Å². The van der Waals surface area contributed by atoms with Gasteiger partial charge < -0.3 is 9.64 Å². The molecule has 1 aliphatic rings. The molecule has 1 aromatic carbocycles. The fourth-order valence-electron chi connectivity index (χ4n) is 3.28. The molecule has 0 spiro atoms. The predicted molar refractivity (Wildman–Crippen MR) is 111 cm³/mol. The van der Waals surface area contributed by atoms with Gasteiger partial charge >= 0.3 is 6.03 Å². The second-order valence-electron chi connectivity index (χ2n) is 7.44. The standard InChI is InChI=1S/C20H29F2N3O5S/c1-2-25(19(27)23-15-26)11-4-3-5-12-31(28,29)24-20(9-10-20)16-7-6-8-17(13-16)30-14-18(21)22/h6-8,13,15,18,24H,2-5,9-12,14H2,1H3,(H,23,26,27). The molecule has 1 aliphatic carbocycles. The minimum atomic E-state index is -3.54. The number of ether oxygens (including phenoxy) is 1. The van der Waals surface area contributed by atoms with Crippen LogP contribution in [-0.4, -0.2) is 57.6 Å². The summed E-state index contributed by atoms with van der Waals surface area (Å²) in [5.74, 6) is 0.227. The number of hydrogen-bond donors (Lipinski definition) is 2. The number of amides is 3. The average molecular weight is 462 g/mol. The lowest BCUT2D eigenvalue weighted by molar-refractivity contribution is -0.108. The molecule has 0 aromatic heterocycles. The number of imide groups is 1. The molecule has 11 heteroatoms. The second-order valence-corrected chi connectivity index (χ2v) is 9.28. The lowest BCUT2D eigenvalue weighted by atomic mass is 10.1. The van der Waals surface area contributed by atoms with Gasteiger partial charge in [0.1, 0.15) is 12.4 Å². The van der Waals surface area contributed by atoms with Crippen LogP contribution in [-0.2, 0) is 20.4 Å². The first-order valence-electron chi connectivity index (χ1n) is 10.2. The molecule has 2 N–H and O–H groups in total. The number of benzene rings is 1. The molecular formula is C20H29F2N3O5S. The molecule has 8 nitrogen and oxygen atoms in total. The van der Waals surface area contributed by atoms with Crippen LogP contribution < -0.4 is 14.8 Å². The fourth-order valence-corrected chi connectivity index (χ4v) is 4.89. The summed E-state index contributed by atoms with van der Waals surface area (Å²) < 4.78 is 57.6.